The molecule has 1 saturated heterocycles. The van der Waals surface area contributed by atoms with E-state index >= 15 is 0 Å². The van der Waals surface area contributed by atoms with Crippen LogP contribution in [0.25, 0.3) is 0 Å². The topological polar surface area (TPSA) is 20.3 Å². The number of hydrogen-bond acceptors (Lipinski definition) is 1. The summed E-state index contributed by atoms with van der Waals surface area (Å²) in [4.78, 5) is 13.9. The Labute approximate surface area is 96.8 Å². The van der Waals surface area contributed by atoms with Crippen LogP contribution in [0.2, 0.25) is 5.82 Å². The maximum absolute atomic E-state index is 12.0. The van der Waals surface area contributed by atoms with Crippen LogP contribution in [0.15, 0.2) is 24.3 Å². The molecule has 1 aliphatic heterocycles. The molecule has 1 aromatic carbocycles. The monoisotopic (exact) mass is 269 g/mol. The number of amides is 1. The summed E-state index contributed by atoms with van der Waals surface area (Å²) in [6.07, 6.45) is 2.31. The van der Waals surface area contributed by atoms with Gasteiger partial charge in [-0.2, -0.15) is 0 Å². The molecule has 15 heavy (non-hydrogen) atoms. The average Bonchev–Trinajstić information content (AvgIpc) is 2.82. The first-order chi connectivity index (χ1) is 7.31. The fourth-order valence-electron chi connectivity index (χ4n) is 1.84. The third kappa shape index (κ3) is 2.42. The third-order valence-corrected chi connectivity index (χ3v) is 4.29. The molecule has 2 rings (SSSR count). The van der Waals surface area contributed by atoms with Gasteiger partial charge in [0.05, 0.1) is 0 Å². The van der Waals surface area contributed by atoms with E-state index in [1.165, 1.54) is 4.46 Å². The minimum absolute atomic E-state index is 0.197. The van der Waals surface area contributed by atoms with Crippen LogP contribution in [0.3, 0.4) is 0 Å². The summed E-state index contributed by atoms with van der Waals surface area (Å²) in [6.45, 7) is 1.86. The van der Waals surface area contributed by atoms with Crippen LogP contribution in [0.5, 0.6) is 0 Å². The number of carbonyl (C=O) groups excluding carboxylic acids is 1. The fraction of sp³-hybridized carbons (Fsp3) is 0.417. The van der Waals surface area contributed by atoms with Gasteiger partial charge in [0.15, 0.2) is 0 Å². The molecule has 1 amide bonds. The molecule has 0 saturated carbocycles. The van der Waals surface area contributed by atoms with Gasteiger partial charge in [-0.3, -0.25) is 0 Å². The Balaban J connectivity index is 2.11. The number of benzene rings is 1. The Morgan fingerprint density at radius 1 is 1.20 bits per heavy atom. The molecule has 1 aliphatic rings. The standard InChI is InChI=1S/C12H15NOSe/c1-15-11-6-4-10(5-7-11)12(14)13-8-2-3-9-13/h4-7H,2-3,8-9H2,1H3. The van der Waals surface area contributed by atoms with Crippen molar-refractivity contribution in [1.29, 1.82) is 0 Å². The van der Waals surface area contributed by atoms with E-state index in [0.717, 1.165) is 31.5 Å². The van der Waals surface area contributed by atoms with Gasteiger partial charge in [-0.25, -0.2) is 0 Å². The van der Waals surface area contributed by atoms with E-state index in [1.807, 2.05) is 17.0 Å². The molecule has 1 heterocycles. The SMILES string of the molecule is C[Se]c1ccc(C(=O)N2CCCC2)cc1. The molecule has 1 fully saturated rings. The molecule has 0 N–H and O–H groups in total. The summed E-state index contributed by atoms with van der Waals surface area (Å²) in [5.74, 6) is 2.38. The van der Waals surface area contributed by atoms with E-state index in [-0.39, 0.29) is 5.91 Å². The van der Waals surface area contributed by atoms with Gasteiger partial charge in [0.2, 0.25) is 0 Å². The van der Waals surface area contributed by atoms with E-state index in [2.05, 4.69) is 18.0 Å². The van der Waals surface area contributed by atoms with Crippen molar-refractivity contribution in [3.05, 3.63) is 29.8 Å². The third-order valence-electron chi connectivity index (χ3n) is 2.73. The second-order valence-electron chi connectivity index (χ2n) is 3.73. The second kappa shape index (κ2) is 4.82. The first-order valence-electron chi connectivity index (χ1n) is 5.24. The number of carbonyl (C=O) groups is 1. The van der Waals surface area contributed by atoms with E-state index in [4.69, 9.17) is 0 Å². The Morgan fingerprint density at radius 2 is 1.80 bits per heavy atom. The summed E-state index contributed by atoms with van der Waals surface area (Å²) >= 11 is 0.523. The normalized spacial score (nSPS) is 15.7. The quantitative estimate of drug-likeness (QED) is 0.740. The molecule has 0 bridgehead atoms. The molecule has 0 radical (unpaired) electrons. The van der Waals surface area contributed by atoms with Gasteiger partial charge in [0, 0.05) is 0 Å². The van der Waals surface area contributed by atoms with Crippen molar-refractivity contribution in [3.63, 3.8) is 0 Å². The molecule has 3 heteroatoms. The van der Waals surface area contributed by atoms with Crippen LogP contribution < -0.4 is 4.46 Å². The molecule has 0 aromatic heterocycles. The Kier molecular flexibility index (Phi) is 3.45. The van der Waals surface area contributed by atoms with Gasteiger partial charge in [-0.05, 0) is 0 Å². The van der Waals surface area contributed by atoms with Crippen LogP contribution in [0.4, 0.5) is 0 Å². The maximum atomic E-state index is 12.0. The van der Waals surface area contributed by atoms with Gasteiger partial charge in [0.1, 0.15) is 0 Å². The first-order valence-corrected chi connectivity index (χ1v) is 7.81. The van der Waals surface area contributed by atoms with Crippen LogP contribution in [-0.4, -0.2) is 38.9 Å². The van der Waals surface area contributed by atoms with Crippen molar-refractivity contribution in [1.82, 2.24) is 4.90 Å². The summed E-state index contributed by atoms with van der Waals surface area (Å²) in [6, 6.07) is 8.06. The molecule has 80 valence electrons. The summed E-state index contributed by atoms with van der Waals surface area (Å²) < 4.78 is 1.35. The van der Waals surface area contributed by atoms with E-state index < -0.39 is 0 Å². The Hall–Kier alpha value is -0.791. The molecule has 2 nitrogen and oxygen atoms in total. The zero-order chi connectivity index (χ0) is 10.7. The number of nitrogens with zero attached hydrogens (tertiary/aromatic N) is 1. The van der Waals surface area contributed by atoms with E-state index in [0.29, 0.717) is 15.0 Å². The summed E-state index contributed by atoms with van der Waals surface area (Å²) in [5, 5.41) is 0. The van der Waals surface area contributed by atoms with Gasteiger partial charge >= 0.3 is 96.6 Å². The van der Waals surface area contributed by atoms with Crippen molar-refractivity contribution in [3.8, 4) is 0 Å². The molecule has 0 atom stereocenters. The molecule has 0 spiro atoms. The first kappa shape index (κ1) is 10.7. The predicted octanol–water partition coefficient (Wildman–Crippen LogP) is 1.30. The van der Waals surface area contributed by atoms with Gasteiger partial charge < -0.3 is 0 Å². The van der Waals surface area contributed by atoms with Crippen molar-refractivity contribution >= 4 is 25.3 Å². The summed E-state index contributed by atoms with van der Waals surface area (Å²) in [5.41, 5.74) is 0.838. The van der Waals surface area contributed by atoms with Crippen molar-refractivity contribution in [2.45, 2.75) is 18.7 Å². The number of likely N-dealkylation sites (tertiary alicyclic amines) is 1. The van der Waals surface area contributed by atoms with Gasteiger partial charge in [0.25, 0.3) is 0 Å². The Morgan fingerprint density at radius 3 is 2.33 bits per heavy atom. The molecule has 1 aromatic rings. The van der Waals surface area contributed by atoms with Crippen LogP contribution in [0.1, 0.15) is 23.2 Å². The van der Waals surface area contributed by atoms with Crippen LogP contribution >= 0.6 is 0 Å². The molecular weight excluding hydrogens is 253 g/mol. The van der Waals surface area contributed by atoms with Crippen molar-refractivity contribution in [2.24, 2.45) is 0 Å². The van der Waals surface area contributed by atoms with Crippen molar-refractivity contribution < 1.29 is 4.79 Å². The number of rotatable bonds is 2. The van der Waals surface area contributed by atoms with Gasteiger partial charge in [-0.1, -0.05) is 0 Å². The van der Waals surface area contributed by atoms with E-state index in [9.17, 15) is 4.79 Å². The predicted molar refractivity (Wildman–Crippen MR) is 62.8 cm³/mol. The molecule has 0 aliphatic carbocycles. The van der Waals surface area contributed by atoms with Crippen molar-refractivity contribution in [2.75, 3.05) is 13.1 Å². The van der Waals surface area contributed by atoms with Gasteiger partial charge in [-0.15, -0.1) is 0 Å². The molecular formula is C12H15NOSe. The average molecular weight is 268 g/mol. The molecule has 0 unspecified atom stereocenters. The number of hydrogen-bond donors (Lipinski definition) is 0. The minimum atomic E-state index is 0.197. The fourth-order valence-corrected chi connectivity index (χ4v) is 2.69. The zero-order valence-corrected chi connectivity index (χ0v) is 10.6. The van der Waals surface area contributed by atoms with Crippen LogP contribution in [-0.2, 0) is 0 Å². The van der Waals surface area contributed by atoms with E-state index in [1.54, 1.807) is 0 Å². The Bertz CT molecular complexity index is 341. The zero-order valence-electron chi connectivity index (χ0n) is 8.90. The summed E-state index contributed by atoms with van der Waals surface area (Å²) in [7, 11) is 0. The van der Waals surface area contributed by atoms with Crippen LogP contribution in [0, 0.1) is 0 Å². The second-order valence-corrected chi connectivity index (χ2v) is 5.57.